The molecule has 0 aromatic rings. The van der Waals surface area contributed by atoms with E-state index in [-0.39, 0.29) is 13.2 Å². The number of aliphatic hydroxyl groups excluding tert-OH is 2. The lowest BCUT2D eigenvalue weighted by molar-refractivity contribution is 0.137. The van der Waals surface area contributed by atoms with Crippen molar-refractivity contribution in [1.29, 1.82) is 0 Å². The third kappa shape index (κ3) is 4.37. The van der Waals surface area contributed by atoms with Gasteiger partial charge in [-0.3, -0.25) is 4.90 Å². The monoisotopic (exact) mass is 202 g/mol. The quantitative estimate of drug-likeness (QED) is 0.532. The summed E-state index contributed by atoms with van der Waals surface area (Å²) in [7, 11) is 0. The van der Waals surface area contributed by atoms with Crippen molar-refractivity contribution in [3.63, 3.8) is 0 Å². The van der Waals surface area contributed by atoms with Gasteiger partial charge in [0.05, 0.1) is 13.2 Å². The van der Waals surface area contributed by atoms with Gasteiger partial charge in [0, 0.05) is 19.6 Å². The van der Waals surface area contributed by atoms with E-state index in [4.69, 9.17) is 10.2 Å². The molecule has 14 heavy (non-hydrogen) atoms. The second-order valence-electron chi connectivity index (χ2n) is 3.96. The van der Waals surface area contributed by atoms with E-state index in [9.17, 15) is 0 Å². The van der Waals surface area contributed by atoms with Crippen molar-refractivity contribution in [1.82, 2.24) is 10.2 Å². The van der Waals surface area contributed by atoms with Crippen molar-refractivity contribution in [2.75, 3.05) is 45.9 Å². The molecule has 0 aromatic carbocycles. The van der Waals surface area contributed by atoms with E-state index in [2.05, 4.69) is 10.2 Å². The van der Waals surface area contributed by atoms with Gasteiger partial charge in [0.2, 0.25) is 0 Å². The Morgan fingerprint density at radius 3 is 2.43 bits per heavy atom. The number of hydrogen-bond donors (Lipinski definition) is 3. The zero-order valence-electron chi connectivity index (χ0n) is 8.78. The number of piperidine rings is 1. The molecule has 4 heteroatoms. The number of nitrogens with zero attached hydrogens (tertiary/aromatic N) is 1. The van der Waals surface area contributed by atoms with E-state index in [0.717, 1.165) is 19.6 Å². The molecule has 0 spiro atoms. The molecule has 3 N–H and O–H groups in total. The highest BCUT2D eigenvalue weighted by Gasteiger charge is 2.16. The van der Waals surface area contributed by atoms with Crippen molar-refractivity contribution in [3.05, 3.63) is 0 Å². The summed E-state index contributed by atoms with van der Waals surface area (Å²) in [4.78, 5) is 2.14. The average molecular weight is 202 g/mol. The summed E-state index contributed by atoms with van der Waals surface area (Å²) in [5.74, 6) is 0.682. The van der Waals surface area contributed by atoms with Crippen LogP contribution in [-0.4, -0.2) is 61.1 Å². The van der Waals surface area contributed by atoms with Crippen LogP contribution in [0.25, 0.3) is 0 Å². The third-order valence-electron chi connectivity index (χ3n) is 2.75. The van der Waals surface area contributed by atoms with Crippen molar-refractivity contribution >= 4 is 0 Å². The standard InChI is InChI=1S/C10H22N2O2/c13-6-4-12(5-7-14)9-10-2-1-3-11-8-10/h10-11,13-14H,1-9H2. The normalized spacial score (nSPS) is 22.9. The fourth-order valence-electron chi connectivity index (χ4n) is 2.02. The van der Waals surface area contributed by atoms with Gasteiger partial charge in [0.1, 0.15) is 0 Å². The summed E-state index contributed by atoms with van der Waals surface area (Å²) in [5, 5.41) is 21.1. The largest absolute Gasteiger partial charge is 0.395 e. The minimum absolute atomic E-state index is 0.181. The summed E-state index contributed by atoms with van der Waals surface area (Å²) >= 11 is 0. The van der Waals surface area contributed by atoms with Gasteiger partial charge in [-0.05, 0) is 31.8 Å². The van der Waals surface area contributed by atoms with Crippen LogP contribution in [0.3, 0.4) is 0 Å². The second kappa shape index (κ2) is 7.17. The van der Waals surface area contributed by atoms with Crippen LogP contribution in [0.2, 0.25) is 0 Å². The maximum Gasteiger partial charge on any atom is 0.0558 e. The molecule has 1 fully saturated rings. The highest BCUT2D eigenvalue weighted by molar-refractivity contribution is 4.72. The molecule has 4 nitrogen and oxygen atoms in total. The minimum Gasteiger partial charge on any atom is -0.395 e. The molecule has 0 amide bonds. The van der Waals surface area contributed by atoms with Crippen LogP contribution in [0.5, 0.6) is 0 Å². The lowest BCUT2D eigenvalue weighted by Gasteiger charge is -2.29. The molecule has 1 atom stereocenters. The van der Waals surface area contributed by atoms with Crippen LogP contribution in [0.1, 0.15) is 12.8 Å². The van der Waals surface area contributed by atoms with Gasteiger partial charge in [0.15, 0.2) is 0 Å². The molecule has 1 aliphatic heterocycles. The number of nitrogens with one attached hydrogen (secondary N) is 1. The van der Waals surface area contributed by atoms with Gasteiger partial charge in [-0.2, -0.15) is 0 Å². The fraction of sp³-hybridized carbons (Fsp3) is 1.00. The Labute approximate surface area is 85.9 Å². The molecule has 0 bridgehead atoms. The van der Waals surface area contributed by atoms with Gasteiger partial charge in [-0.15, -0.1) is 0 Å². The van der Waals surface area contributed by atoms with Crippen LogP contribution in [0, 0.1) is 5.92 Å². The lowest BCUT2D eigenvalue weighted by Crippen LogP contribution is -2.40. The van der Waals surface area contributed by atoms with Gasteiger partial charge < -0.3 is 15.5 Å². The number of aliphatic hydroxyl groups is 2. The van der Waals surface area contributed by atoms with Crippen molar-refractivity contribution in [2.45, 2.75) is 12.8 Å². The van der Waals surface area contributed by atoms with E-state index in [1.807, 2.05) is 0 Å². The Kier molecular flexibility index (Phi) is 6.10. The Hall–Kier alpha value is -0.160. The third-order valence-corrected chi connectivity index (χ3v) is 2.75. The zero-order valence-corrected chi connectivity index (χ0v) is 8.78. The van der Waals surface area contributed by atoms with Crippen molar-refractivity contribution in [2.24, 2.45) is 5.92 Å². The van der Waals surface area contributed by atoms with Crippen molar-refractivity contribution in [3.8, 4) is 0 Å². The first-order valence-electron chi connectivity index (χ1n) is 5.51. The van der Waals surface area contributed by atoms with E-state index in [1.54, 1.807) is 0 Å². The number of rotatable bonds is 6. The van der Waals surface area contributed by atoms with Crippen LogP contribution in [0.15, 0.2) is 0 Å². The number of hydrogen-bond acceptors (Lipinski definition) is 4. The Morgan fingerprint density at radius 2 is 1.93 bits per heavy atom. The lowest BCUT2D eigenvalue weighted by atomic mass is 9.99. The van der Waals surface area contributed by atoms with E-state index < -0.39 is 0 Å². The first-order chi connectivity index (χ1) is 6.86. The van der Waals surface area contributed by atoms with Gasteiger partial charge >= 0.3 is 0 Å². The van der Waals surface area contributed by atoms with Crippen LogP contribution in [0.4, 0.5) is 0 Å². The molecule has 0 saturated carbocycles. The molecule has 0 aliphatic carbocycles. The highest BCUT2D eigenvalue weighted by atomic mass is 16.3. The molecule has 1 rings (SSSR count). The van der Waals surface area contributed by atoms with Gasteiger partial charge in [-0.1, -0.05) is 0 Å². The van der Waals surface area contributed by atoms with Crippen LogP contribution in [-0.2, 0) is 0 Å². The molecule has 1 heterocycles. The van der Waals surface area contributed by atoms with Gasteiger partial charge in [0.25, 0.3) is 0 Å². The van der Waals surface area contributed by atoms with E-state index in [1.165, 1.54) is 12.8 Å². The Balaban J connectivity index is 2.21. The predicted molar refractivity (Wildman–Crippen MR) is 56.2 cm³/mol. The Bertz CT molecular complexity index is 132. The molecule has 84 valence electrons. The summed E-state index contributed by atoms with van der Waals surface area (Å²) in [6, 6.07) is 0. The summed E-state index contributed by atoms with van der Waals surface area (Å²) in [6.07, 6.45) is 2.51. The fourth-order valence-corrected chi connectivity index (χ4v) is 2.02. The summed E-state index contributed by atoms with van der Waals surface area (Å²) in [5.41, 5.74) is 0. The van der Waals surface area contributed by atoms with Crippen LogP contribution >= 0.6 is 0 Å². The first kappa shape index (κ1) is 11.9. The topological polar surface area (TPSA) is 55.7 Å². The molecule has 1 saturated heterocycles. The zero-order chi connectivity index (χ0) is 10.2. The maximum atomic E-state index is 8.85. The van der Waals surface area contributed by atoms with Gasteiger partial charge in [-0.25, -0.2) is 0 Å². The molecule has 0 aromatic heterocycles. The molecule has 1 aliphatic rings. The van der Waals surface area contributed by atoms with E-state index in [0.29, 0.717) is 19.0 Å². The predicted octanol–water partition coefficient (Wildman–Crippen LogP) is -0.727. The minimum atomic E-state index is 0.181. The SMILES string of the molecule is OCCN(CCO)CC1CCCNC1. The Morgan fingerprint density at radius 1 is 1.21 bits per heavy atom. The van der Waals surface area contributed by atoms with E-state index >= 15 is 0 Å². The second-order valence-corrected chi connectivity index (χ2v) is 3.96. The summed E-state index contributed by atoms with van der Waals surface area (Å²) < 4.78 is 0. The smallest absolute Gasteiger partial charge is 0.0558 e. The highest BCUT2D eigenvalue weighted by Crippen LogP contribution is 2.11. The molecular weight excluding hydrogens is 180 g/mol. The molecular formula is C10H22N2O2. The summed E-state index contributed by atoms with van der Waals surface area (Å²) in [6.45, 7) is 4.92. The van der Waals surface area contributed by atoms with Crippen LogP contribution < -0.4 is 5.32 Å². The maximum absolute atomic E-state index is 8.85. The first-order valence-corrected chi connectivity index (χ1v) is 5.51. The average Bonchev–Trinajstić information content (AvgIpc) is 2.20. The van der Waals surface area contributed by atoms with Crippen molar-refractivity contribution < 1.29 is 10.2 Å². The molecule has 1 unspecified atom stereocenters. The molecule has 0 radical (unpaired) electrons.